The maximum Gasteiger partial charge on any atom is 0.338 e. The van der Waals surface area contributed by atoms with Gasteiger partial charge >= 0.3 is 5.97 Å². The summed E-state index contributed by atoms with van der Waals surface area (Å²) in [5.74, 6) is -3.10. The van der Waals surface area contributed by atoms with E-state index < -0.39 is 51.6 Å². The zero-order valence-electron chi connectivity index (χ0n) is 20.7. The van der Waals surface area contributed by atoms with E-state index in [0.29, 0.717) is 21.9 Å². The Morgan fingerprint density at radius 1 is 1.22 bits per heavy atom. The number of carboxylic acids is 1. The van der Waals surface area contributed by atoms with Crippen molar-refractivity contribution in [1.82, 2.24) is 14.5 Å². The molecule has 8 nitrogen and oxygen atoms in total. The van der Waals surface area contributed by atoms with Crippen LogP contribution in [0.1, 0.15) is 33.7 Å². The Morgan fingerprint density at radius 2 is 1.98 bits per heavy atom. The maximum atomic E-state index is 14.6. The molecule has 41 heavy (non-hydrogen) atoms. The molecule has 0 unspecified atom stereocenters. The van der Waals surface area contributed by atoms with Gasteiger partial charge in [-0.3, -0.25) is 14.3 Å². The number of hydrogen-bond acceptors (Lipinski definition) is 7. The first-order valence-corrected chi connectivity index (χ1v) is 12.9. The standard InChI is InChI=1S/C27H15ClF4N4O4S/c1-11-35-23-19(30)7-14(25(31)32)15(9-33)21(23)26(37)36(11)4-5-40-20-8-18(29)17(28)6-13(20)12-2-3-34-22-16(27(38)39)10-41-24(12)22/h2-3,6-8,10,25H,4-5H2,1H3,(H,38,39). The fourth-order valence-corrected chi connectivity index (χ4v) is 5.63. The molecular formula is C27H15ClF4N4O4S. The summed E-state index contributed by atoms with van der Waals surface area (Å²) in [4.78, 5) is 33.0. The maximum absolute atomic E-state index is 14.6. The highest BCUT2D eigenvalue weighted by atomic mass is 35.5. The predicted octanol–water partition coefficient (Wildman–Crippen LogP) is 6.50. The number of fused-ring (bicyclic) bond motifs is 2. The molecule has 0 bridgehead atoms. The van der Waals surface area contributed by atoms with Crippen LogP contribution in [0.3, 0.4) is 0 Å². The molecule has 0 fully saturated rings. The third-order valence-corrected chi connectivity index (χ3v) is 7.62. The van der Waals surface area contributed by atoms with Crippen LogP contribution in [0.15, 0.2) is 40.6 Å². The van der Waals surface area contributed by atoms with E-state index >= 15 is 0 Å². The van der Waals surface area contributed by atoms with Crippen molar-refractivity contribution in [3.05, 3.63) is 85.4 Å². The molecule has 3 aromatic heterocycles. The SMILES string of the molecule is Cc1nc2c(F)cc(C(F)F)c(C#N)c2c(=O)n1CCOc1cc(F)c(Cl)cc1-c1ccnc2c(C(=O)O)csc12. The van der Waals surface area contributed by atoms with Gasteiger partial charge in [-0.1, -0.05) is 11.6 Å². The summed E-state index contributed by atoms with van der Waals surface area (Å²) >= 11 is 7.16. The fourth-order valence-electron chi connectivity index (χ4n) is 4.44. The van der Waals surface area contributed by atoms with E-state index in [0.717, 1.165) is 22.0 Å². The average molecular weight is 603 g/mol. The molecule has 0 aliphatic rings. The van der Waals surface area contributed by atoms with Gasteiger partial charge in [0, 0.05) is 34.3 Å². The second-order valence-electron chi connectivity index (χ2n) is 8.68. The van der Waals surface area contributed by atoms with Crippen LogP contribution in [0.2, 0.25) is 5.02 Å². The molecule has 2 aromatic carbocycles. The first-order valence-electron chi connectivity index (χ1n) is 11.7. The van der Waals surface area contributed by atoms with Crippen LogP contribution in [-0.4, -0.2) is 32.2 Å². The molecule has 14 heteroatoms. The number of nitriles is 1. The largest absolute Gasteiger partial charge is 0.491 e. The Kier molecular flexibility index (Phi) is 7.37. The van der Waals surface area contributed by atoms with E-state index in [4.69, 9.17) is 16.3 Å². The summed E-state index contributed by atoms with van der Waals surface area (Å²) < 4.78 is 63.3. The molecule has 5 aromatic rings. The predicted molar refractivity (Wildman–Crippen MR) is 143 cm³/mol. The number of pyridine rings is 1. The van der Waals surface area contributed by atoms with Gasteiger partial charge in [0.1, 0.15) is 41.4 Å². The number of carboxylic acid groups (broad SMARTS) is 1. The second-order valence-corrected chi connectivity index (χ2v) is 9.96. The van der Waals surface area contributed by atoms with Gasteiger partial charge in [0.05, 0.1) is 38.3 Å². The van der Waals surface area contributed by atoms with E-state index in [1.54, 1.807) is 12.1 Å². The minimum Gasteiger partial charge on any atom is -0.491 e. The third-order valence-electron chi connectivity index (χ3n) is 6.32. The molecule has 0 saturated carbocycles. The van der Waals surface area contributed by atoms with Crippen molar-refractivity contribution in [3.8, 4) is 22.9 Å². The van der Waals surface area contributed by atoms with Gasteiger partial charge in [-0.25, -0.2) is 27.3 Å². The van der Waals surface area contributed by atoms with E-state index in [1.165, 1.54) is 24.6 Å². The minimum absolute atomic E-state index is 0.00729. The zero-order valence-corrected chi connectivity index (χ0v) is 22.3. The van der Waals surface area contributed by atoms with Crippen molar-refractivity contribution < 1.29 is 32.2 Å². The molecule has 5 rings (SSSR count). The van der Waals surface area contributed by atoms with E-state index in [1.807, 2.05) is 0 Å². The Morgan fingerprint density at radius 3 is 2.66 bits per heavy atom. The van der Waals surface area contributed by atoms with Crippen LogP contribution < -0.4 is 10.3 Å². The summed E-state index contributed by atoms with van der Waals surface area (Å²) in [6.45, 7) is 0.905. The van der Waals surface area contributed by atoms with E-state index in [2.05, 4.69) is 9.97 Å². The van der Waals surface area contributed by atoms with Crippen LogP contribution in [0.5, 0.6) is 5.75 Å². The number of aromatic carboxylic acids is 1. The molecule has 3 heterocycles. The van der Waals surface area contributed by atoms with Crippen LogP contribution >= 0.6 is 22.9 Å². The number of hydrogen-bond donors (Lipinski definition) is 1. The Labute approximate surface area is 236 Å². The molecule has 208 valence electrons. The highest BCUT2D eigenvalue weighted by molar-refractivity contribution is 7.18. The average Bonchev–Trinajstić information content (AvgIpc) is 3.37. The van der Waals surface area contributed by atoms with Gasteiger partial charge in [0.25, 0.3) is 12.0 Å². The molecular weight excluding hydrogens is 588 g/mol. The molecule has 0 radical (unpaired) electrons. The van der Waals surface area contributed by atoms with Crippen LogP contribution in [0.4, 0.5) is 17.6 Å². The number of nitrogens with zero attached hydrogens (tertiary/aromatic N) is 4. The number of alkyl halides is 2. The first-order chi connectivity index (χ1) is 19.5. The molecule has 1 N–H and O–H groups in total. The van der Waals surface area contributed by atoms with E-state index in [9.17, 15) is 37.5 Å². The smallest absolute Gasteiger partial charge is 0.338 e. The van der Waals surface area contributed by atoms with Gasteiger partial charge in [0.15, 0.2) is 0 Å². The Balaban J connectivity index is 1.54. The lowest BCUT2D eigenvalue weighted by Crippen LogP contribution is -2.27. The molecule has 0 aliphatic heterocycles. The van der Waals surface area contributed by atoms with Crippen molar-refractivity contribution >= 4 is 50.0 Å². The number of rotatable bonds is 7. The highest BCUT2D eigenvalue weighted by Gasteiger charge is 2.24. The van der Waals surface area contributed by atoms with Gasteiger partial charge in [-0.05, 0) is 25.1 Å². The van der Waals surface area contributed by atoms with Crippen molar-refractivity contribution in [2.24, 2.45) is 0 Å². The first kappa shape index (κ1) is 28.0. The quantitative estimate of drug-likeness (QED) is 0.211. The summed E-state index contributed by atoms with van der Waals surface area (Å²) in [6.07, 6.45) is -1.81. The summed E-state index contributed by atoms with van der Waals surface area (Å²) in [5.41, 5.74) is -2.03. The number of aromatic nitrogens is 3. The number of aryl methyl sites for hydroxylation is 1. The number of thiophene rings is 1. The van der Waals surface area contributed by atoms with Gasteiger partial charge in [-0.15, -0.1) is 11.3 Å². The second kappa shape index (κ2) is 10.8. The number of ether oxygens (including phenoxy) is 1. The van der Waals surface area contributed by atoms with Gasteiger partial charge in [0.2, 0.25) is 0 Å². The summed E-state index contributed by atoms with van der Waals surface area (Å²) in [6, 6.07) is 5.97. The number of halogens is 5. The number of benzene rings is 2. The van der Waals surface area contributed by atoms with Crippen molar-refractivity contribution in [1.29, 1.82) is 5.26 Å². The van der Waals surface area contributed by atoms with Crippen molar-refractivity contribution in [3.63, 3.8) is 0 Å². The van der Waals surface area contributed by atoms with Crippen molar-refractivity contribution in [2.75, 3.05) is 6.61 Å². The Hall–Kier alpha value is -4.54. The monoisotopic (exact) mass is 602 g/mol. The normalized spacial score (nSPS) is 11.4. The molecule has 0 saturated heterocycles. The topological polar surface area (TPSA) is 118 Å². The van der Waals surface area contributed by atoms with Crippen molar-refractivity contribution in [2.45, 2.75) is 19.9 Å². The molecule has 0 spiro atoms. The molecule has 0 atom stereocenters. The third kappa shape index (κ3) is 4.85. The zero-order chi connectivity index (χ0) is 29.6. The Bertz CT molecular complexity index is 1990. The fraction of sp³-hybridized carbons (Fsp3) is 0.148. The summed E-state index contributed by atoms with van der Waals surface area (Å²) in [7, 11) is 0. The van der Waals surface area contributed by atoms with E-state index in [-0.39, 0.29) is 40.8 Å². The lowest BCUT2D eigenvalue weighted by atomic mass is 10.0. The van der Waals surface area contributed by atoms with Gasteiger partial charge < -0.3 is 9.84 Å². The van der Waals surface area contributed by atoms with Crippen LogP contribution in [0, 0.1) is 29.9 Å². The lowest BCUT2D eigenvalue weighted by molar-refractivity contribution is 0.0699. The molecule has 0 amide bonds. The van der Waals surface area contributed by atoms with Gasteiger partial charge in [-0.2, -0.15) is 5.26 Å². The van der Waals surface area contributed by atoms with Crippen LogP contribution in [0.25, 0.3) is 32.2 Å². The molecule has 0 aliphatic carbocycles. The number of carbonyl (C=O) groups is 1. The minimum atomic E-state index is -3.20. The highest BCUT2D eigenvalue weighted by Crippen LogP contribution is 2.40. The lowest BCUT2D eigenvalue weighted by Gasteiger charge is -2.16. The van der Waals surface area contributed by atoms with Crippen LogP contribution in [-0.2, 0) is 6.54 Å². The summed E-state index contributed by atoms with van der Waals surface area (Å²) in [5, 5.41) is 19.5.